The van der Waals surface area contributed by atoms with Gasteiger partial charge in [0.05, 0.1) is 6.04 Å². The first kappa shape index (κ1) is 13.6. The van der Waals surface area contributed by atoms with Crippen molar-refractivity contribution in [3.63, 3.8) is 0 Å². The lowest BCUT2D eigenvalue weighted by Gasteiger charge is -2.24. The zero-order valence-corrected chi connectivity index (χ0v) is 12.4. The molecule has 0 bridgehead atoms. The van der Waals surface area contributed by atoms with Crippen molar-refractivity contribution in [1.29, 1.82) is 0 Å². The van der Waals surface area contributed by atoms with Crippen molar-refractivity contribution in [1.82, 2.24) is 10.2 Å². The largest absolute Gasteiger partial charge is 0.321 e. The van der Waals surface area contributed by atoms with Crippen LogP contribution in [0.5, 0.6) is 0 Å². The molecule has 20 heavy (non-hydrogen) atoms. The average molecular weight is 272 g/mol. The molecule has 0 aromatic heterocycles. The number of amides is 1. The highest BCUT2D eigenvalue weighted by atomic mass is 16.2. The molecule has 1 aliphatic carbocycles. The maximum Gasteiger partial charge on any atom is 0.241 e. The molecule has 1 aromatic carbocycles. The van der Waals surface area contributed by atoms with Crippen molar-refractivity contribution in [2.75, 3.05) is 6.54 Å². The Morgan fingerprint density at radius 3 is 2.45 bits per heavy atom. The summed E-state index contributed by atoms with van der Waals surface area (Å²) in [6, 6.07) is 8.68. The fraction of sp³-hybridized carbons (Fsp3) is 0.588. The number of aryl methyl sites for hydroxylation is 1. The van der Waals surface area contributed by atoms with Crippen molar-refractivity contribution in [2.24, 2.45) is 5.92 Å². The minimum Gasteiger partial charge on any atom is -0.321 e. The summed E-state index contributed by atoms with van der Waals surface area (Å²) in [7, 11) is 0. The van der Waals surface area contributed by atoms with Gasteiger partial charge in [0.15, 0.2) is 0 Å². The Bertz CT molecular complexity index is 478. The van der Waals surface area contributed by atoms with Crippen LogP contribution in [-0.4, -0.2) is 23.4 Å². The van der Waals surface area contributed by atoms with Gasteiger partial charge in [-0.15, -0.1) is 0 Å². The molecule has 1 N–H and O–H groups in total. The molecule has 3 nitrogen and oxygen atoms in total. The van der Waals surface area contributed by atoms with Crippen LogP contribution in [0, 0.1) is 5.92 Å². The number of benzene rings is 1. The van der Waals surface area contributed by atoms with Crippen LogP contribution in [0.3, 0.4) is 0 Å². The maximum absolute atomic E-state index is 12.5. The number of rotatable bonds is 5. The van der Waals surface area contributed by atoms with Crippen LogP contribution in [-0.2, 0) is 11.2 Å². The van der Waals surface area contributed by atoms with Gasteiger partial charge >= 0.3 is 0 Å². The molecule has 0 radical (unpaired) electrons. The van der Waals surface area contributed by atoms with Gasteiger partial charge < -0.3 is 4.90 Å². The number of hydrogen-bond acceptors (Lipinski definition) is 2. The molecule has 1 aromatic rings. The lowest BCUT2D eigenvalue weighted by molar-refractivity contribution is -0.130. The number of nitrogens with one attached hydrogen (secondary N) is 1. The molecule has 0 spiro atoms. The molecule has 2 fully saturated rings. The Kier molecular flexibility index (Phi) is 3.79. The number of carbonyl (C=O) groups excluding carboxylic acids is 1. The van der Waals surface area contributed by atoms with Gasteiger partial charge in [0.1, 0.15) is 6.17 Å². The van der Waals surface area contributed by atoms with E-state index in [2.05, 4.69) is 48.3 Å². The van der Waals surface area contributed by atoms with Crippen molar-refractivity contribution >= 4 is 5.91 Å². The van der Waals surface area contributed by atoms with Crippen LogP contribution in [0.2, 0.25) is 0 Å². The summed E-state index contributed by atoms with van der Waals surface area (Å²) in [6.45, 7) is 5.16. The average Bonchev–Trinajstić information content (AvgIpc) is 3.25. The quantitative estimate of drug-likeness (QED) is 0.894. The van der Waals surface area contributed by atoms with Crippen LogP contribution < -0.4 is 5.32 Å². The summed E-state index contributed by atoms with van der Waals surface area (Å²) in [5.74, 6) is 1.01. The summed E-state index contributed by atoms with van der Waals surface area (Å²) in [5, 5.41) is 3.50. The second kappa shape index (κ2) is 5.57. The molecule has 1 amide bonds. The van der Waals surface area contributed by atoms with Gasteiger partial charge in [0, 0.05) is 6.54 Å². The normalized spacial score (nSPS) is 26.3. The lowest BCUT2D eigenvalue weighted by Crippen LogP contribution is -2.32. The van der Waals surface area contributed by atoms with E-state index in [9.17, 15) is 4.79 Å². The first-order valence-electron chi connectivity index (χ1n) is 7.88. The topological polar surface area (TPSA) is 32.3 Å². The molecule has 1 aliphatic heterocycles. The predicted molar refractivity (Wildman–Crippen MR) is 80.2 cm³/mol. The second-order valence-electron chi connectivity index (χ2n) is 6.06. The summed E-state index contributed by atoms with van der Waals surface area (Å²) >= 11 is 0. The predicted octanol–water partition coefficient (Wildman–Crippen LogP) is 2.87. The highest BCUT2D eigenvalue weighted by molar-refractivity contribution is 5.84. The van der Waals surface area contributed by atoms with E-state index >= 15 is 0 Å². The molecular formula is C17H24N2O. The van der Waals surface area contributed by atoms with E-state index in [0.717, 1.165) is 25.3 Å². The minimum atomic E-state index is -0.00963. The Balaban J connectivity index is 1.82. The van der Waals surface area contributed by atoms with E-state index in [1.165, 1.54) is 24.0 Å². The standard InChI is InChI=1S/C17H24N2O/c1-3-12-7-9-14(10-8-12)16-18-15(4-2)17(20)19(16)11-13-5-6-13/h7-10,13,15-16,18H,3-6,11H2,1-2H3. The van der Waals surface area contributed by atoms with Gasteiger partial charge in [0.25, 0.3) is 0 Å². The molecule has 2 atom stereocenters. The molecule has 2 unspecified atom stereocenters. The van der Waals surface area contributed by atoms with Crippen molar-refractivity contribution < 1.29 is 4.79 Å². The van der Waals surface area contributed by atoms with Gasteiger partial charge in [-0.1, -0.05) is 38.1 Å². The number of hydrogen-bond donors (Lipinski definition) is 1. The molecule has 2 aliphatic rings. The van der Waals surface area contributed by atoms with Crippen LogP contribution in [0.4, 0.5) is 0 Å². The zero-order chi connectivity index (χ0) is 14.1. The first-order valence-corrected chi connectivity index (χ1v) is 7.88. The van der Waals surface area contributed by atoms with Gasteiger partial charge in [-0.2, -0.15) is 0 Å². The van der Waals surface area contributed by atoms with E-state index in [0.29, 0.717) is 0 Å². The van der Waals surface area contributed by atoms with Crippen molar-refractivity contribution in [2.45, 2.75) is 51.7 Å². The van der Waals surface area contributed by atoms with E-state index in [1.54, 1.807) is 0 Å². The first-order chi connectivity index (χ1) is 9.72. The molecule has 3 heteroatoms. The van der Waals surface area contributed by atoms with Crippen LogP contribution in [0.1, 0.15) is 50.4 Å². The highest BCUT2D eigenvalue weighted by Gasteiger charge is 2.40. The van der Waals surface area contributed by atoms with Gasteiger partial charge in [-0.25, -0.2) is 0 Å². The monoisotopic (exact) mass is 272 g/mol. The Morgan fingerprint density at radius 1 is 1.20 bits per heavy atom. The molecule has 1 heterocycles. The molecular weight excluding hydrogens is 248 g/mol. The summed E-state index contributed by atoms with van der Waals surface area (Å²) in [4.78, 5) is 14.5. The summed E-state index contributed by atoms with van der Waals surface area (Å²) in [5.41, 5.74) is 2.56. The minimum absolute atomic E-state index is 0.00963. The van der Waals surface area contributed by atoms with Gasteiger partial charge in [-0.3, -0.25) is 10.1 Å². The summed E-state index contributed by atoms with van der Waals surface area (Å²) < 4.78 is 0. The maximum atomic E-state index is 12.5. The molecule has 1 saturated carbocycles. The van der Waals surface area contributed by atoms with Crippen LogP contribution in [0.15, 0.2) is 24.3 Å². The van der Waals surface area contributed by atoms with Crippen LogP contribution in [0.25, 0.3) is 0 Å². The van der Waals surface area contributed by atoms with E-state index in [1.807, 2.05) is 0 Å². The van der Waals surface area contributed by atoms with Gasteiger partial charge in [-0.05, 0) is 42.7 Å². The number of nitrogens with zero attached hydrogens (tertiary/aromatic N) is 1. The zero-order valence-electron chi connectivity index (χ0n) is 12.4. The fourth-order valence-corrected chi connectivity index (χ4v) is 2.96. The van der Waals surface area contributed by atoms with E-state index < -0.39 is 0 Å². The molecule has 1 saturated heterocycles. The van der Waals surface area contributed by atoms with E-state index in [4.69, 9.17) is 0 Å². The Labute approximate surface area is 121 Å². The SMILES string of the molecule is CCc1ccc(C2NC(CC)C(=O)N2CC2CC2)cc1. The lowest BCUT2D eigenvalue weighted by atomic mass is 10.1. The molecule has 108 valence electrons. The highest BCUT2D eigenvalue weighted by Crippen LogP contribution is 2.35. The molecule has 3 rings (SSSR count). The third-order valence-electron chi connectivity index (χ3n) is 4.52. The number of carbonyl (C=O) groups is 1. The van der Waals surface area contributed by atoms with E-state index in [-0.39, 0.29) is 18.1 Å². The summed E-state index contributed by atoms with van der Waals surface area (Å²) in [6.07, 6.45) is 4.55. The Morgan fingerprint density at radius 2 is 1.90 bits per heavy atom. The Hall–Kier alpha value is -1.35. The van der Waals surface area contributed by atoms with Gasteiger partial charge in [0.2, 0.25) is 5.91 Å². The van der Waals surface area contributed by atoms with Crippen LogP contribution >= 0.6 is 0 Å². The third-order valence-corrected chi connectivity index (χ3v) is 4.52. The van der Waals surface area contributed by atoms with Crippen molar-refractivity contribution in [3.05, 3.63) is 35.4 Å². The third kappa shape index (κ3) is 2.59. The smallest absolute Gasteiger partial charge is 0.241 e. The second-order valence-corrected chi connectivity index (χ2v) is 6.06. The fourth-order valence-electron chi connectivity index (χ4n) is 2.96. The van der Waals surface area contributed by atoms with Crippen molar-refractivity contribution in [3.8, 4) is 0 Å².